The molecule has 4 aromatic rings. The number of hydrogen-bond acceptors (Lipinski definition) is 7. The Morgan fingerprint density at radius 2 is 1.88 bits per heavy atom. The van der Waals surface area contributed by atoms with Crippen LogP contribution in [0.4, 0.5) is 10.3 Å². The van der Waals surface area contributed by atoms with Crippen LogP contribution in [0.1, 0.15) is 0 Å². The lowest BCUT2D eigenvalue weighted by Crippen LogP contribution is -1.88. The van der Waals surface area contributed by atoms with E-state index in [0.717, 1.165) is 32.8 Å². The van der Waals surface area contributed by atoms with Crippen molar-refractivity contribution in [3.8, 4) is 17.0 Å². The van der Waals surface area contributed by atoms with E-state index in [-0.39, 0.29) is 0 Å². The fourth-order valence-corrected chi connectivity index (χ4v) is 4.60. The van der Waals surface area contributed by atoms with E-state index < -0.39 is 0 Å². The molecule has 0 bridgehead atoms. The summed E-state index contributed by atoms with van der Waals surface area (Å²) in [5.41, 5.74) is 3.03. The number of anilines is 2. The Labute approximate surface area is 157 Å². The number of thiazole rings is 2. The molecule has 126 valence electrons. The first kappa shape index (κ1) is 16.4. The monoisotopic (exact) mass is 385 g/mol. The van der Waals surface area contributed by atoms with Gasteiger partial charge in [0, 0.05) is 15.8 Å². The van der Waals surface area contributed by atoms with Crippen LogP contribution in [0.2, 0.25) is 0 Å². The Morgan fingerprint density at radius 1 is 1.04 bits per heavy atom. The summed E-state index contributed by atoms with van der Waals surface area (Å²) < 4.78 is 6.38. The topological polar surface area (TPSA) is 47.0 Å². The number of methoxy groups -OCH3 is 1. The van der Waals surface area contributed by atoms with E-state index in [0.29, 0.717) is 0 Å². The SMILES string of the molecule is COc1ccc(-c2csc(Nc3nc4ccc(SC)cc4s3)n2)cc1. The Balaban J connectivity index is 1.56. The van der Waals surface area contributed by atoms with Gasteiger partial charge in [-0.2, -0.15) is 0 Å². The van der Waals surface area contributed by atoms with Crippen LogP contribution >= 0.6 is 34.4 Å². The van der Waals surface area contributed by atoms with E-state index in [1.807, 2.05) is 29.6 Å². The van der Waals surface area contributed by atoms with Gasteiger partial charge >= 0.3 is 0 Å². The van der Waals surface area contributed by atoms with E-state index in [9.17, 15) is 0 Å². The molecule has 2 aromatic heterocycles. The first-order valence-corrected chi connectivity index (χ1v) is 10.5. The minimum Gasteiger partial charge on any atom is -0.497 e. The number of aromatic nitrogens is 2. The number of ether oxygens (including phenoxy) is 1. The molecule has 2 aromatic carbocycles. The van der Waals surface area contributed by atoms with Crippen molar-refractivity contribution in [1.82, 2.24) is 9.97 Å². The number of nitrogens with zero attached hydrogens (tertiary/aromatic N) is 2. The highest BCUT2D eigenvalue weighted by Gasteiger charge is 2.09. The lowest BCUT2D eigenvalue weighted by atomic mass is 10.2. The summed E-state index contributed by atoms with van der Waals surface area (Å²) in [4.78, 5) is 10.5. The molecule has 4 nitrogen and oxygen atoms in total. The molecule has 0 aliphatic carbocycles. The molecule has 0 saturated carbocycles. The third-order valence-corrected chi connectivity index (χ3v) is 6.12. The predicted octanol–water partition coefficient (Wildman–Crippen LogP) is 5.89. The Hall–Kier alpha value is -2.09. The average molecular weight is 386 g/mol. The van der Waals surface area contributed by atoms with Crippen molar-refractivity contribution < 1.29 is 4.74 Å². The quantitative estimate of drug-likeness (QED) is 0.434. The van der Waals surface area contributed by atoms with Crippen molar-refractivity contribution in [2.45, 2.75) is 4.90 Å². The van der Waals surface area contributed by atoms with Crippen molar-refractivity contribution >= 4 is 54.9 Å². The van der Waals surface area contributed by atoms with E-state index >= 15 is 0 Å². The molecule has 0 aliphatic rings. The number of hydrogen-bond donors (Lipinski definition) is 1. The predicted molar refractivity (Wildman–Crippen MR) is 109 cm³/mol. The fourth-order valence-electron chi connectivity index (χ4n) is 2.40. The lowest BCUT2D eigenvalue weighted by molar-refractivity contribution is 0.415. The molecule has 2 heterocycles. The van der Waals surface area contributed by atoms with Gasteiger partial charge in [0.05, 0.1) is 23.0 Å². The molecule has 4 rings (SSSR count). The Kier molecular flexibility index (Phi) is 4.61. The highest BCUT2D eigenvalue weighted by Crippen LogP contribution is 2.33. The number of rotatable bonds is 5. The zero-order valence-corrected chi connectivity index (χ0v) is 16.1. The molecule has 0 atom stereocenters. The average Bonchev–Trinajstić information content (AvgIpc) is 3.27. The van der Waals surface area contributed by atoms with Crippen molar-refractivity contribution in [3.63, 3.8) is 0 Å². The Morgan fingerprint density at radius 3 is 2.64 bits per heavy atom. The summed E-state index contributed by atoms with van der Waals surface area (Å²) in [5.74, 6) is 0.844. The standard InChI is InChI=1S/C18H15N3OS3/c1-22-12-5-3-11(4-6-12)15-10-24-17(20-15)21-18-19-14-8-7-13(23-2)9-16(14)25-18/h3-10H,1-2H3,(H,19,20,21). The largest absolute Gasteiger partial charge is 0.497 e. The van der Waals surface area contributed by atoms with Gasteiger partial charge in [-0.1, -0.05) is 11.3 Å². The minimum absolute atomic E-state index is 0.843. The summed E-state index contributed by atoms with van der Waals surface area (Å²) in [6.07, 6.45) is 2.08. The molecule has 0 amide bonds. The van der Waals surface area contributed by atoms with Gasteiger partial charge in [-0.15, -0.1) is 23.1 Å². The molecular weight excluding hydrogens is 370 g/mol. The molecule has 0 unspecified atom stereocenters. The third-order valence-electron chi connectivity index (χ3n) is 3.70. The maximum absolute atomic E-state index is 5.20. The van der Waals surface area contributed by atoms with Crippen molar-refractivity contribution in [1.29, 1.82) is 0 Å². The zero-order chi connectivity index (χ0) is 17.2. The highest BCUT2D eigenvalue weighted by atomic mass is 32.2. The summed E-state index contributed by atoms with van der Waals surface area (Å²) >= 11 is 4.96. The van der Waals surface area contributed by atoms with Crippen molar-refractivity contribution in [2.24, 2.45) is 0 Å². The molecule has 0 saturated heterocycles. The molecule has 0 radical (unpaired) electrons. The van der Waals surface area contributed by atoms with E-state index in [2.05, 4.69) is 39.7 Å². The smallest absolute Gasteiger partial charge is 0.190 e. The number of nitrogens with one attached hydrogen (secondary N) is 1. The number of fused-ring (bicyclic) bond motifs is 1. The second-order valence-corrected chi connectivity index (χ2v) is 8.01. The second kappa shape index (κ2) is 7.03. The van der Waals surface area contributed by atoms with Crippen LogP contribution in [0.3, 0.4) is 0 Å². The normalized spacial score (nSPS) is 11.0. The first-order valence-electron chi connectivity index (χ1n) is 7.57. The summed E-state index contributed by atoms with van der Waals surface area (Å²) in [5, 5.41) is 7.08. The maximum atomic E-state index is 5.20. The van der Waals surface area contributed by atoms with E-state index in [1.165, 1.54) is 9.60 Å². The lowest BCUT2D eigenvalue weighted by Gasteiger charge is -2.00. The van der Waals surface area contributed by atoms with Gasteiger partial charge in [-0.05, 0) is 48.7 Å². The van der Waals surface area contributed by atoms with Crippen molar-refractivity contribution in [3.05, 3.63) is 47.8 Å². The van der Waals surface area contributed by atoms with Gasteiger partial charge in [-0.25, -0.2) is 9.97 Å². The molecule has 7 heteroatoms. The number of thioether (sulfide) groups is 1. The summed E-state index contributed by atoms with van der Waals surface area (Å²) in [6, 6.07) is 14.2. The molecule has 0 fully saturated rings. The molecule has 0 aliphatic heterocycles. The summed E-state index contributed by atoms with van der Waals surface area (Å²) in [7, 11) is 1.67. The highest BCUT2D eigenvalue weighted by molar-refractivity contribution is 7.98. The van der Waals surface area contributed by atoms with Crippen LogP contribution in [0.5, 0.6) is 5.75 Å². The first-order chi connectivity index (χ1) is 12.2. The van der Waals surface area contributed by atoms with Gasteiger partial charge < -0.3 is 10.1 Å². The van der Waals surface area contributed by atoms with Crippen LogP contribution < -0.4 is 10.1 Å². The van der Waals surface area contributed by atoms with Crippen LogP contribution in [-0.2, 0) is 0 Å². The van der Waals surface area contributed by atoms with Crippen LogP contribution in [0, 0.1) is 0 Å². The molecular formula is C18H15N3OS3. The van der Waals surface area contributed by atoms with Gasteiger partial charge in [0.1, 0.15) is 5.75 Å². The molecule has 25 heavy (non-hydrogen) atoms. The van der Waals surface area contributed by atoms with E-state index in [1.54, 1.807) is 41.5 Å². The molecule has 1 N–H and O–H groups in total. The van der Waals surface area contributed by atoms with Crippen LogP contribution in [0.15, 0.2) is 52.7 Å². The van der Waals surface area contributed by atoms with Gasteiger partial charge in [0.25, 0.3) is 0 Å². The van der Waals surface area contributed by atoms with Gasteiger partial charge in [-0.3, -0.25) is 0 Å². The summed E-state index contributed by atoms with van der Waals surface area (Å²) in [6.45, 7) is 0. The zero-order valence-electron chi connectivity index (χ0n) is 13.6. The van der Waals surface area contributed by atoms with Crippen LogP contribution in [0.25, 0.3) is 21.5 Å². The minimum atomic E-state index is 0.843. The van der Waals surface area contributed by atoms with Crippen molar-refractivity contribution in [2.75, 3.05) is 18.7 Å². The maximum Gasteiger partial charge on any atom is 0.190 e. The third kappa shape index (κ3) is 3.49. The molecule has 0 spiro atoms. The van der Waals surface area contributed by atoms with E-state index in [4.69, 9.17) is 4.74 Å². The second-order valence-electron chi connectivity index (χ2n) is 5.24. The Bertz CT molecular complexity index is 1010. The van der Waals surface area contributed by atoms with Gasteiger partial charge in [0.2, 0.25) is 0 Å². The van der Waals surface area contributed by atoms with Crippen LogP contribution in [-0.4, -0.2) is 23.3 Å². The number of benzene rings is 2. The van der Waals surface area contributed by atoms with Gasteiger partial charge in [0.15, 0.2) is 10.3 Å². The fraction of sp³-hybridized carbons (Fsp3) is 0.111.